The molecule has 0 aromatic heterocycles. The van der Waals surface area contributed by atoms with Gasteiger partial charge in [0.25, 0.3) is 5.79 Å². The molecule has 0 aliphatic carbocycles. The lowest BCUT2D eigenvalue weighted by Gasteiger charge is -2.29. The molecule has 0 aromatic rings. The van der Waals surface area contributed by atoms with Crippen LogP contribution in [0.15, 0.2) is 11.8 Å². The van der Waals surface area contributed by atoms with Crippen molar-refractivity contribution in [2.75, 3.05) is 6.54 Å². The summed E-state index contributed by atoms with van der Waals surface area (Å²) in [6.07, 6.45) is 1.58. The summed E-state index contributed by atoms with van der Waals surface area (Å²) in [6, 6.07) is 0. The summed E-state index contributed by atoms with van der Waals surface area (Å²) in [6.45, 7) is 3.25. The Hall–Kier alpha value is -2.05. The molecule has 100 valence electrons. The quantitative estimate of drug-likeness (QED) is 0.313. The average Bonchev–Trinajstić information content (AvgIpc) is 2.18. The van der Waals surface area contributed by atoms with Crippen LogP contribution in [0, 0.1) is 0 Å². The molecule has 0 bridgehead atoms. The molecule has 0 saturated carbocycles. The number of ether oxygens (including phenoxy) is 2. The highest BCUT2D eigenvalue weighted by atomic mass is 16.7. The van der Waals surface area contributed by atoms with Crippen LogP contribution in [-0.2, 0) is 23.9 Å². The van der Waals surface area contributed by atoms with Gasteiger partial charge in [0, 0.05) is 33.0 Å². The fourth-order valence-corrected chi connectivity index (χ4v) is 1.29. The van der Waals surface area contributed by atoms with E-state index in [0.29, 0.717) is 13.0 Å². The molecule has 1 aliphatic rings. The number of carboxylic acid groups (broad SMARTS) is 1. The Kier molecular flexibility index (Phi) is 4.30. The molecule has 0 atom stereocenters. The topological polar surface area (TPSA) is 102 Å². The standard InChI is InChI=1S/C11H15NO6/c1-11(2)17-9(15)7(10(16)18-11)6-12-5-3-4-8(13)14/h6,12H,3-5H2,1-2H3,(H,13,14). The van der Waals surface area contributed by atoms with Gasteiger partial charge in [-0.25, -0.2) is 9.59 Å². The van der Waals surface area contributed by atoms with Crippen molar-refractivity contribution in [1.29, 1.82) is 0 Å². The molecular weight excluding hydrogens is 242 g/mol. The predicted octanol–water partition coefficient (Wildman–Crippen LogP) is 0.161. The van der Waals surface area contributed by atoms with E-state index in [1.54, 1.807) is 0 Å². The van der Waals surface area contributed by atoms with Crippen molar-refractivity contribution in [3.63, 3.8) is 0 Å². The van der Waals surface area contributed by atoms with Crippen LogP contribution in [-0.4, -0.2) is 35.3 Å². The number of rotatable bonds is 5. The van der Waals surface area contributed by atoms with E-state index >= 15 is 0 Å². The lowest BCUT2D eigenvalue weighted by Crippen LogP contribution is -2.42. The molecule has 18 heavy (non-hydrogen) atoms. The van der Waals surface area contributed by atoms with Crippen molar-refractivity contribution in [2.24, 2.45) is 0 Å². The number of cyclic esters (lactones) is 2. The third-order valence-corrected chi connectivity index (χ3v) is 2.07. The molecule has 1 heterocycles. The third-order valence-electron chi connectivity index (χ3n) is 2.07. The van der Waals surface area contributed by atoms with E-state index < -0.39 is 23.7 Å². The van der Waals surface area contributed by atoms with Gasteiger partial charge in [0.05, 0.1) is 0 Å². The second-order valence-corrected chi connectivity index (χ2v) is 4.19. The van der Waals surface area contributed by atoms with Gasteiger partial charge in [0.1, 0.15) is 0 Å². The van der Waals surface area contributed by atoms with Crippen LogP contribution in [0.5, 0.6) is 0 Å². The predicted molar refractivity (Wildman–Crippen MR) is 59.2 cm³/mol. The molecule has 7 heteroatoms. The van der Waals surface area contributed by atoms with Crippen molar-refractivity contribution < 1.29 is 29.0 Å². The minimum atomic E-state index is -1.26. The number of hydrogen-bond donors (Lipinski definition) is 2. The molecule has 1 rings (SSSR count). The molecule has 0 aromatic carbocycles. The van der Waals surface area contributed by atoms with Gasteiger partial charge in [0.15, 0.2) is 5.57 Å². The molecular formula is C11H15NO6. The van der Waals surface area contributed by atoms with Crippen LogP contribution in [0.4, 0.5) is 0 Å². The monoisotopic (exact) mass is 257 g/mol. The highest BCUT2D eigenvalue weighted by Crippen LogP contribution is 2.21. The van der Waals surface area contributed by atoms with E-state index in [1.807, 2.05) is 0 Å². The molecule has 0 spiro atoms. The second-order valence-electron chi connectivity index (χ2n) is 4.19. The van der Waals surface area contributed by atoms with Crippen LogP contribution in [0.2, 0.25) is 0 Å². The summed E-state index contributed by atoms with van der Waals surface area (Å²) in [7, 11) is 0. The zero-order valence-electron chi connectivity index (χ0n) is 10.2. The van der Waals surface area contributed by atoms with Gasteiger partial charge < -0.3 is 19.9 Å². The number of nitrogens with one attached hydrogen (secondary N) is 1. The molecule has 1 aliphatic heterocycles. The molecule has 1 fully saturated rings. The number of carboxylic acids is 1. The first-order valence-electron chi connectivity index (χ1n) is 5.44. The Labute approximate surface area is 104 Å². The first-order valence-corrected chi connectivity index (χ1v) is 5.44. The maximum absolute atomic E-state index is 11.5. The Morgan fingerprint density at radius 2 is 1.89 bits per heavy atom. The smallest absolute Gasteiger partial charge is 0.350 e. The van der Waals surface area contributed by atoms with Gasteiger partial charge in [0.2, 0.25) is 0 Å². The molecule has 1 saturated heterocycles. The lowest BCUT2D eigenvalue weighted by atomic mass is 10.2. The van der Waals surface area contributed by atoms with E-state index in [0.717, 1.165) is 0 Å². The number of aliphatic carboxylic acids is 1. The van der Waals surface area contributed by atoms with Crippen LogP contribution in [0.3, 0.4) is 0 Å². The van der Waals surface area contributed by atoms with E-state index in [9.17, 15) is 14.4 Å². The van der Waals surface area contributed by atoms with Crippen molar-refractivity contribution >= 4 is 17.9 Å². The number of carbonyl (C=O) groups is 3. The highest BCUT2D eigenvalue weighted by Gasteiger charge is 2.38. The largest absolute Gasteiger partial charge is 0.481 e. The van der Waals surface area contributed by atoms with Crippen molar-refractivity contribution in [2.45, 2.75) is 32.5 Å². The fraction of sp³-hybridized carbons (Fsp3) is 0.545. The SMILES string of the molecule is CC1(C)OC(=O)C(=CNCCCC(=O)O)C(=O)O1. The van der Waals surface area contributed by atoms with Gasteiger partial charge in [-0.15, -0.1) is 0 Å². The molecule has 2 N–H and O–H groups in total. The normalized spacial score (nSPS) is 17.8. The van der Waals surface area contributed by atoms with Crippen molar-refractivity contribution in [3.05, 3.63) is 11.8 Å². The Bertz CT molecular complexity index is 376. The van der Waals surface area contributed by atoms with Crippen molar-refractivity contribution in [3.8, 4) is 0 Å². The Balaban J connectivity index is 2.48. The maximum atomic E-state index is 11.5. The van der Waals surface area contributed by atoms with E-state index in [2.05, 4.69) is 5.32 Å². The summed E-state index contributed by atoms with van der Waals surface area (Å²) in [5, 5.41) is 11.1. The summed E-state index contributed by atoms with van der Waals surface area (Å²) in [5.74, 6) is -3.68. The maximum Gasteiger partial charge on any atom is 0.350 e. The van der Waals surface area contributed by atoms with Gasteiger partial charge in [-0.05, 0) is 6.42 Å². The van der Waals surface area contributed by atoms with Crippen LogP contribution in [0.25, 0.3) is 0 Å². The summed E-state index contributed by atoms with van der Waals surface area (Å²) in [4.78, 5) is 33.2. The Morgan fingerprint density at radius 1 is 1.33 bits per heavy atom. The molecule has 0 radical (unpaired) electrons. The van der Waals surface area contributed by atoms with E-state index in [-0.39, 0.29) is 12.0 Å². The third kappa shape index (κ3) is 4.08. The minimum absolute atomic E-state index is 0.0120. The highest BCUT2D eigenvalue weighted by molar-refractivity contribution is 6.15. The first-order chi connectivity index (χ1) is 8.32. The Morgan fingerprint density at radius 3 is 2.39 bits per heavy atom. The molecule has 0 amide bonds. The van der Waals surface area contributed by atoms with Gasteiger partial charge >= 0.3 is 17.9 Å². The first kappa shape index (κ1) is 14.0. The summed E-state index contributed by atoms with van der Waals surface area (Å²) < 4.78 is 9.74. The fourth-order valence-electron chi connectivity index (χ4n) is 1.29. The van der Waals surface area contributed by atoms with Crippen LogP contribution < -0.4 is 5.32 Å². The molecule has 7 nitrogen and oxygen atoms in total. The lowest BCUT2D eigenvalue weighted by molar-refractivity contribution is -0.222. The van der Waals surface area contributed by atoms with E-state index in [4.69, 9.17) is 14.6 Å². The number of carbonyl (C=O) groups excluding carboxylic acids is 2. The zero-order chi connectivity index (χ0) is 13.8. The summed E-state index contributed by atoms with van der Waals surface area (Å²) in [5.41, 5.74) is -0.232. The zero-order valence-corrected chi connectivity index (χ0v) is 10.2. The molecule has 0 unspecified atom stereocenters. The average molecular weight is 257 g/mol. The van der Waals surface area contributed by atoms with Gasteiger partial charge in [-0.1, -0.05) is 0 Å². The number of esters is 2. The van der Waals surface area contributed by atoms with E-state index in [1.165, 1.54) is 20.0 Å². The van der Waals surface area contributed by atoms with Gasteiger partial charge in [-0.2, -0.15) is 0 Å². The minimum Gasteiger partial charge on any atom is -0.481 e. The van der Waals surface area contributed by atoms with Crippen LogP contribution >= 0.6 is 0 Å². The summed E-state index contributed by atoms with van der Waals surface area (Å²) >= 11 is 0. The van der Waals surface area contributed by atoms with Crippen molar-refractivity contribution in [1.82, 2.24) is 5.32 Å². The van der Waals surface area contributed by atoms with Gasteiger partial charge in [-0.3, -0.25) is 4.79 Å². The second kappa shape index (κ2) is 5.52. The number of hydrogen-bond acceptors (Lipinski definition) is 6. The van der Waals surface area contributed by atoms with Crippen LogP contribution in [0.1, 0.15) is 26.7 Å².